The smallest absolute Gasteiger partial charge is 0.146 e. The number of anilines is 1. The van der Waals surface area contributed by atoms with Crippen molar-refractivity contribution < 1.29 is 8.78 Å². The highest BCUT2D eigenvalue weighted by atomic mass is 19.1. The van der Waals surface area contributed by atoms with Crippen LogP contribution in [0, 0.1) is 30.4 Å². The molecule has 0 aromatic heterocycles. The van der Waals surface area contributed by atoms with E-state index in [1.807, 2.05) is 0 Å². The van der Waals surface area contributed by atoms with E-state index in [-0.39, 0.29) is 17.3 Å². The molecule has 17 heavy (non-hydrogen) atoms. The van der Waals surface area contributed by atoms with E-state index in [2.05, 4.69) is 26.1 Å². The molecule has 0 spiro atoms. The zero-order valence-corrected chi connectivity index (χ0v) is 11.0. The van der Waals surface area contributed by atoms with Gasteiger partial charge in [0.2, 0.25) is 0 Å². The standard InChI is InChI=1S/C14H21F2N/c1-9(2)5-10(3)8-17-14-7-12(15)11(4)6-13(14)16/h6-7,9-10,17H,5,8H2,1-4H3. The van der Waals surface area contributed by atoms with E-state index in [0.29, 0.717) is 23.9 Å². The molecule has 0 bridgehead atoms. The fourth-order valence-corrected chi connectivity index (χ4v) is 1.95. The van der Waals surface area contributed by atoms with Crippen molar-refractivity contribution in [2.24, 2.45) is 11.8 Å². The zero-order chi connectivity index (χ0) is 13.0. The Labute approximate surface area is 102 Å². The summed E-state index contributed by atoms with van der Waals surface area (Å²) in [5.41, 5.74) is 0.590. The monoisotopic (exact) mass is 241 g/mol. The fourth-order valence-electron chi connectivity index (χ4n) is 1.95. The first kappa shape index (κ1) is 13.9. The maximum absolute atomic E-state index is 13.5. The Morgan fingerprint density at radius 2 is 1.76 bits per heavy atom. The predicted molar refractivity (Wildman–Crippen MR) is 68.2 cm³/mol. The van der Waals surface area contributed by atoms with Crippen LogP contribution in [0.1, 0.15) is 32.8 Å². The van der Waals surface area contributed by atoms with Crippen molar-refractivity contribution >= 4 is 5.69 Å². The lowest BCUT2D eigenvalue weighted by Crippen LogP contribution is -2.14. The molecule has 3 heteroatoms. The molecule has 96 valence electrons. The Bertz CT molecular complexity index is 375. The molecule has 0 saturated heterocycles. The molecule has 1 nitrogen and oxygen atoms in total. The summed E-state index contributed by atoms with van der Waals surface area (Å²) in [4.78, 5) is 0. The summed E-state index contributed by atoms with van der Waals surface area (Å²) in [6, 6.07) is 2.46. The molecule has 0 saturated carbocycles. The maximum Gasteiger partial charge on any atom is 0.146 e. The van der Waals surface area contributed by atoms with Crippen LogP contribution in [0.15, 0.2) is 12.1 Å². The molecule has 0 radical (unpaired) electrons. The Balaban J connectivity index is 2.60. The van der Waals surface area contributed by atoms with E-state index in [0.717, 1.165) is 6.42 Å². The lowest BCUT2D eigenvalue weighted by Gasteiger charge is -2.16. The highest BCUT2D eigenvalue weighted by Crippen LogP contribution is 2.20. The molecule has 0 aliphatic carbocycles. The second-order valence-electron chi connectivity index (χ2n) is 5.20. The number of benzene rings is 1. The maximum atomic E-state index is 13.5. The molecule has 0 amide bonds. The van der Waals surface area contributed by atoms with E-state index >= 15 is 0 Å². The van der Waals surface area contributed by atoms with E-state index in [1.54, 1.807) is 6.92 Å². The molecule has 0 aliphatic heterocycles. The lowest BCUT2D eigenvalue weighted by molar-refractivity contribution is 0.454. The minimum atomic E-state index is -0.388. The first-order chi connectivity index (χ1) is 7.90. The molecule has 1 unspecified atom stereocenters. The van der Waals surface area contributed by atoms with Crippen LogP contribution in [0.2, 0.25) is 0 Å². The summed E-state index contributed by atoms with van der Waals surface area (Å²) in [7, 11) is 0. The summed E-state index contributed by atoms with van der Waals surface area (Å²) in [5, 5.41) is 2.97. The molecule has 1 N–H and O–H groups in total. The van der Waals surface area contributed by atoms with Gasteiger partial charge < -0.3 is 5.32 Å². The lowest BCUT2D eigenvalue weighted by atomic mass is 9.99. The molecule has 1 rings (SSSR count). The zero-order valence-electron chi connectivity index (χ0n) is 11.0. The van der Waals surface area contributed by atoms with Crippen molar-refractivity contribution in [2.75, 3.05) is 11.9 Å². The van der Waals surface area contributed by atoms with Gasteiger partial charge in [-0.05, 0) is 36.8 Å². The molecule has 0 aliphatic rings. The van der Waals surface area contributed by atoms with Crippen LogP contribution < -0.4 is 5.32 Å². The normalized spacial score (nSPS) is 12.9. The van der Waals surface area contributed by atoms with Crippen molar-refractivity contribution in [1.82, 2.24) is 0 Å². The number of rotatable bonds is 5. The quantitative estimate of drug-likeness (QED) is 0.807. The van der Waals surface area contributed by atoms with Crippen LogP contribution in [-0.4, -0.2) is 6.54 Å². The molecule has 0 heterocycles. The number of hydrogen-bond donors (Lipinski definition) is 1. The van der Waals surface area contributed by atoms with Gasteiger partial charge in [-0.15, -0.1) is 0 Å². The molecule has 1 aromatic rings. The molecule has 1 aromatic carbocycles. The Hall–Kier alpha value is -1.12. The Morgan fingerprint density at radius 3 is 2.35 bits per heavy atom. The minimum Gasteiger partial charge on any atom is -0.382 e. The van der Waals surface area contributed by atoms with Crippen LogP contribution in [0.4, 0.5) is 14.5 Å². The number of halogens is 2. The third kappa shape index (κ3) is 4.33. The van der Waals surface area contributed by atoms with Gasteiger partial charge in [-0.3, -0.25) is 0 Å². The first-order valence-corrected chi connectivity index (χ1v) is 6.09. The summed E-state index contributed by atoms with van der Waals surface area (Å²) in [6.45, 7) is 8.64. The third-order valence-electron chi connectivity index (χ3n) is 2.76. The Kier molecular flexibility index (Phi) is 4.91. The van der Waals surface area contributed by atoms with Crippen LogP contribution in [0.3, 0.4) is 0 Å². The number of aryl methyl sites for hydroxylation is 1. The summed E-state index contributed by atoms with van der Waals surface area (Å²) in [5.74, 6) is 0.302. The minimum absolute atomic E-state index is 0.253. The third-order valence-corrected chi connectivity index (χ3v) is 2.76. The number of nitrogens with one attached hydrogen (secondary N) is 1. The molecule has 1 atom stereocenters. The SMILES string of the molecule is Cc1cc(F)c(NCC(C)CC(C)C)cc1F. The fraction of sp³-hybridized carbons (Fsp3) is 0.571. The Morgan fingerprint density at radius 1 is 1.12 bits per heavy atom. The second-order valence-corrected chi connectivity index (χ2v) is 5.20. The van der Waals surface area contributed by atoms with Gasteiger partial charge in [-0.2, -0.15) is 0 Å². The van der Waals surface area contributed by atoms with Crippen molar-refractivity contribution in [2.45, 2.75) is 34.1 Å². The van der Waals surface area contributed by atoms with E-state index in [9.17, 15) is 8.78 Å². The van der Waals surface area contributed by atoms with Gasteiger partial charge in [-0.25, -0.2) is 8.78 Å². The average molecular weight is 241 g/mol. The number of hydrogen-bond acceptors (Lipinski definition) is 1. The predicted octanol–water partition coefficient (Wildman–Crippen LogP) is 4.37. The van der Waals surface area contributed by atoms with Crippen molar-refractivity contribution in [3.8, 4) is 0 Å². The van der Waals surface area contributed by atoms with Gasteiger partial charge in [0.25, 0.3) is 0 Å². The van der Waals surface area contributed by atoms with Gasteiger partial charge >= 0.3 is 0 Å². The van der Waals surface area contributed by atoms with Crippen LogP contribution in [-0.2, 0) is 0 Å². The van der Waals surface area contributed by atoms with Gasteiger partial charge in [0, 0.05) is 12.6 Å². The van der Waals surface area contributed by atoms with Crippen molar-refractivity contribution in [3.05, 3.63) is 29.3 Å². The van der Waals surface area contributed by atoms with Gasteiger partial charge in [0.05, 0.1) is 5.69 Å². The van der Waals surface area contributed by atoms with Gasteiger partial charge in [0.1, 0.15) is 11.6 Å². The van der Waals surface area contributed by atoms with Crippen LogP contribution >= 0.6 is 0 Å². The molecular formula is C14H21F2N. The van der Waals surface area contributed by atoms with E-state index in [4.69, 9.17) is 0 Å². The van der Waals surface area contributed by atoms with E-state index in [1.165, 1.54) is 12.1 Å². The van der Waals surface area contributed by atoms with Crippen LogP contribution in [0.25, 0.3) is 0 Å². The first-order valence-electron chi connectivity index (χ1n) is 6.09. The summed E-state index contributed by atoms with van der Waals surface area (Å²) < 4.78 is 26.8. The largest absolute Gasteiger partial charge is 0.382 e. The second kappa shape index (κ2) is 5.99. The topological polar surface area (TPSA) is 12.0 Å². The summed E-state index contributed by atoms with van der Waals surface area (Å²) in [6.07, 6.45) is 1.07. The van der Waals surface area contributed by atoms with Crippen molar-refractivity contribution in [1.29, 1.82) is 0 Å². The van der Waals surface area contributed by atoms with Crippen molar-refractivity contribution in [3.63, 3.8) is 0 Å². The van der Waals surface area contributed by atoms with Crippen LogP contribution in [0.5, 0.6) is 0 Å². The highest BCUT2D eigenvalue weighted by molar-refractivity contribution is 5.46. The van der Waals surface area contributed by atoms with Gasteiger partial charge in [-0.1, -0.05) is 20.8 Å². The molecule has 0 fully saturated rings. The van der Waals surface area contributed by atoms with Gasteiger partial charge in [0.15, 0.2) is 0 Å². The summed E-state index contributed by atoms with van der Waals surface area (Å²) >= 11 is 0. The average Bonchev–Trinajstić information content (AvgIpc) is 2.20. The molecular weight excluding hydrogens is 220 g/mol. The highest BCUT2D eigenvalue weighted by Gasteiger charge is 2.09. The van der Waals surface area contributed by atoms with E-state index < -0.39 is 0 Å².